The van der Waals surface area contributed by atoms with Crippen molar-refractivity contribution in [3.05, 3.63) is 30.4 Å². The number of methoxy groups -OCH3 is 1. The molecule has 2 aromatic rings. The average Bonchev–Trinajstić information content (AvgIpc) is 2.57. The molecule has 4 heteroatoms. The van der Waals surface area contributed by atoms with Gasteiger partial charge in [-0.15, -0.1) is 0 Å². The van der Waals surface area contributed by atoms with Crippen molar-refractivity contribution in [2.45, 2.75) is 0 Å². The fraction of sp³-hybridized carbons (Fsp3) is 0.100. The molecular weight excluding hydrogens is 182 g/mol. The van der Waals surface area contributed by atoms with Gasteiger partial charge < -0.3 is 14.3 Å². The Morgan fingerprint density at radius 1 is 1.50 bits per heavy atom. The number of aromatic nitrogens is 1. The molecule has 0 aromatic carbocycles. The minimum absolute atomic E-state index is 0.102. The first kappa shape index (κ1) is 8.62. The third-order valence-corrected chi connectivity index (χ3v) is 1.83. The molecule has 0 saturated heterocycles. The molecule has 14 heavy (non-hydrogen) atoms. The van der Waals surface area contributed by atoms with Crippen LogP contribution in [0.3, 0.4) is 0 Å². The summed E-state index contributed by atoms with van der Waals surface area (Å²) in [5.74, 6) is -0.102. The molecule has 4 nitrogen and oxygen atoms in total. The highest BCUT2D eigenvalue weighted by molar-refractivity contribution is 5.83. The highest BCUT2D eigenvalue weighted by Gasteiger charge is 2.04. The number of rotatable bonds is 2. The van der Waals surface area contributed by atoms with Crippen molar-refractivity contribution in [2.24, 2.45) is 0 Å². The van der Waals surface area contributed by atoms with E-state index in [1.807, 2.05) is 0 Å². The Labute approximate surface area is 80.4 Å². The first-order chi connectivity index (χ1) is 6.81. The van der Waals surface area contributed by atoms with Crippen LogP contribution in [-0.2, 0) is 4.74 Å². The van der Waals surface area contributed by atoms with Crippen LogP contribution < -0.4 is 0 Å². The number of furan rings is 1. The van der Waals surface area contributed by atoms with E-state index in [1.165, 1.54) is 12.5 Å². The summed E-state index contributed by atoms with van der Waals surface area (Å²) in [5, 5.41) is 9.84. The minimum atomic E-state index is -0.102. The quantitative estimate of drug-likeness (QED) is 0.739. The monoisotopic (exact) mass is 191 g/mol. The Balaban J connectivity index is 2.47. The molecule has 0 spiro atoms. The van der Waals surface area contributed by atoms with Crippen LogP contribution in [0.1, 0.15) is 5.69 Å². The Morgan fingerprint density at radius 2 is 2.36 bits per heavy atom. The van der Waals surface area contributed by atoms with Gasteiger partial charge in [0.15, 0.2) is 0 Å². The van der Waals surface area contributed by atoms with Gasteiger partial charge in [-0.2, -0.15) is 0 Å². The largest absolute Gasteiger partial charge is 0.504 e. The van der Waals surface area contributed by atoms with E-state index in [2.05, 4.69) is 4.98 Å². The molecule has 0 radical (unpaired) electrons. The fourth-order valence-corrected chi connectivity index (χ4v) is 1.17. The molecule has 1 N–H and O–H groups in total. The molecule has 72 valence electrons. The van der Waals surface area contributed by atoms with Crippen molar-refractivity contribution in [1.29, 1.82) is 0 Å². The summed E-state index contributed by atoms with van der Waals surface area (Å²) in [7, 11) is 1.57. The van der Waals surface area contributed by atoms with Crippen LogP contribution in [0.4, 0.5) is 0 Å². The Kier molecular flexibility index (Phi) is 2.10. The van der Waals surface area contributed by atoms with Gasteiger partial charge in [-0.1, -0.05) is 0 Å². The van der Waals surface area contributed by atoms with Gasteiger partial charge in [0, 0.05) is 0 Å². The zero-order valence-electron chi connectivity index (χ0n) is 7.60. The first-order valence-corrected chi connectivity index (χ1v) is 4.08. The summed E-state index contributed by atoms with van der Waals surface area (Å²) in [6.07, 6.45) is 4.67. The van der Waals surface area contributed by atoms with E-state index in [1.54, 1.807) is 25.3 Å². The molecule has 2 rings (SSSR count). The maximum absolute atomic E-state index is 9.23. The van der Waals surface area contributed by atoms with Crippen LogP contribution in [0.15, 0.2) is 29.1 Å². The SMILES string of the molecule is COC=Cc1ccc2c(O)occ2n1. The van der Waals surface area contributed by atoms with E-state index in [-0.39, 0.29) is 5.95 Å². The van der Waals surface area contributed by atoms with Crippen molar-refractivity contribution in [3.8, 4) is 5.95 Å². The molecule has 0 aliphatic carbocycles. The zero-order valence-corrected chi connectivity index (χ0v) is 7.60. The molecule has 0 unspecified atom stereocenters. The van der Waals surface area contributed by atoms with Crippen molar-refractivity contribution < 1.29 is 14.3 Å². The fourth-order valence-electron chi connectivity index (χ4n) is 1.17. The smallest absolute Gasteiger partial charge is 0.291 e. The topological polar surface area (TPSA) is 55.5 Å². The maximum atomic E-state index is 9.23. The third kappa shape index (κ3) is 1.42. The number of hydrogen-bond acceptors (Lipinski definition) is 4. The second kappa shape index (κ2) is 3.41. The van der Waals surface area contributed by atoms with Gasteiger partial charge in [0.05, 0.1) is 24.5 Å². The Morgan fingerprint density at radius 3 is 3.14 bits per heavy atom. The number of hydrogen-bond donors (Lipinski definition) is 1. The Hall–Kier alpha value is -1.97. The van der Waals surface area contributed by atoms with E-state index in [0.29, 0.717) is 10.9 Å². The lowest BCUT2D eigenvalue weighted by molar-refractivity contribution is 0.338. The molecule has 0 atom stereocenters. The van der Waals surface area contributed by atoms with Crippen molar-refractivity contribution >= 4 is 17.0 Å². The van der Waals surface area contributed by atoms with Crippen LogP contribution in [-0.4, -0.2) is 17.2 Å². The van der Waals surface area contributed by atoms with E-state index < -0.39 is 0 Å². The van der Waals surface area contributed by atoms with Crippen molar-refractivity contribution in [1.82, 2.24) is 4.98 Å². The molecule has 0 amide bonds. The van der Waals surface area contributed by atoms with Gasteiger partial charge in [-0.25, -0.2) is 4.98 Å². The summed E-state index contributed by atoms with van der Waals surface area (Å²) in [4.78, 5) is 4.21. The predicted molar refractivity (Wildman–Crippen MR) is 51.7 cm³/mol. The number of aromatic hydroxyl groups is 1. The van der Waals surface area contributed by atoms with Crippen LogP contribution in [0.25, 0.3) is 17.0 Å². The van der Waals surface area contributed by atoms with Gasteiger partial charge in [0.2, 0.25) is 0 Å². The summed E-state index contributed by atoms with van der Waals surface area (Å²) >= 11 is 0. The summed E-state index contributed by atoms with van der Waals surface area (Å²) in [5.41, 5.74) is 1.38. The zero-order chi connectivity index (χ0) is 9.97. The predicted octanol–water partition coefficient (Wildman–Crippen LogP) is 2.15. The van der Waals surface area contributed by atoms with E-state index in [0.717, 1.165) is 5.69 Å². The summed E-state index contributed by atoms with van der Waals surface area (Å²) < 4.78 is 9.58. The molecular formula is C10H9NO3. The number of pyridine rings is 1. The van der Waals surface area contributed by atoms with E-state index in [4.69, 9.17) is 9.15 Å². The van der Waals surface area contributed by atoms with Crippen molar-refractivity contribution in [3.63, 3.8) is 0 Å². The van der Waals surface area contributed by atoms with Gasteiger partial charge >= 0.3 is 0 Å². The van der Waals surface area contributed by atoms with Gasteiger partial charge in [-0.3, -0.25) is 0 Å². The van der Waals surface area contributed by atoms with Crippen LogP contribution in [0, 0.1) is 0 Å². The van der Waals surface area contributed by atoms with Crippen LogP contribution in [0.2, 0.25) is 0 Å². The van der Waals surface area contributed by atoms with Gasteiger partial charge in [-0.05, 0) is 18.2 Å². The van der Waals surface area contributed by atoms with Crippen LogP contribution in [0.5, 0.6) is 5.95 Å². The molecule has 0 saturated carbocycles. The number of ether oxygens (including phenoxy) is 1. The molecule has 0 aliphatic rings. The molecule has 2 aromatic heterocycles. The van der Waals surface area contributed by atoms with Gasteiger partial charge in [0.1, 0.15) is 11.8 Å². The van der Waals surface area contributed by atoms with E-state index in [9.17, 15) is 5.11 Å². The maximum Gasteiger partial charge on any atom is 0.291 e. The van der Waals surface area contributed by atoms with Crippen molar-refractivity contribution in [2.75, 3.05) is 7.11 Å². The molecule has 0 aliphatic heterocycles. The molecule has 0 bridgehead atoms. The molecule has 2 heterocycles. The highest BCUT2D eigenvalue weighted by atomic mass is 16.5. The third-order valence-electron chi connectivity index (χ3n) is 1.83. The lowest BCUT2D eigenvalue weighted by atomic mass is 10.2. The van der Waals surface area contributed by atoms with Crippen LogP contribution >= 0.6 is 0 Å². The second-order valence-corrected chi connectivity index (χ2v) is 2.75. The normalized spacial score (nSPS) is 11.2. The van der Waals surface area contributed by atoms with E-state index >= 15 is 0 Å². The first-order valence-electron chi connectivity index (χ1n) is 4.08. The number of fused-ring (bicyclic) bond motifs is 1. The second-order valence-electron chi connectivity index (χ2n) is 2.75. The molecule has 0 fully saturated rings. The minimum Gasteiger partial charge on any atom is -0.504 e. The highest BCUT2D eigenvalue weighted by Crippen LogP contribution is 2.25. The Bertz CT molecular complexity index is 473. The number of nitrogens with zero attached hydrogens (tertiary/aromatic N) is 1. The van der Waals surface area contributed by atoms with Gasteiger partial charge in [0.25, 0.3) is 5.95 Å². The average molecular weight is 191 g/mol. The lowest BCUT2D eigenvalue weighted by Crippen LogP contribution is -1.79. The summed E-state index contributed by atoms with van der Waals surface area (Å²) in [6, 6.07) is 3.52. The lowest BCUT2D eigenvalue weighted by Gasteiger charge is -1.92. The standard InChI is InChI=1S/C10H9NO3/c1-13-5-4-7-2-3-8-9(11-7)6-14-10(8)12/h2-6,12H,1H3. The summed E-state index contributed by atoms with van der Waals surface area (Å²) in [6.45, 7) is 0.